The molecule has 0 saturated heterocycles. The van der Waals surface area contributed by atoms with Crippen LogP contribution in [-0.4, -0.2) is 55.5 Å². The molecular formula is C43H42ClN3O7. The number of pyridine rings is 1. The zero-order valence-corrected chi connectivity index (χ0v) is 31.9. The Labute approximate surface area is 319 Å². The van der Waals surface area contributed by atoms with Crippen LogP contribution in [0.3, 0.4) is 0 Å². The lowest BCUT2D eigenvalue weighted by Crippen LogP contribution is -2.32. The number of nitrogens with zero attached hydrogens (tertiary/aromatic N) is 3. The van der Waals surface area contributed by atoms with Gasteiger partial charge in [0.25, 0.3) is 5.91 Å². The van der Waals surface area contributed by atoms with E-state index in [4.69, 9.17) is 39.9 Å². The number of esters is 1. The van der Waals surface area contributed by atoms with Crippen molar-refractivity contribution in [2.75, 3.05) is 27.9 Å². The number of para-hydroxylation sites is 1. The van der Waals surface area contributed by atoms with E-state index in [0.29, 0.717) is 63.1 Å². The third-order valence-electron chi connectivity index (χ3n) is 10.2. The fourth-order valence-electron chi connectivity index (χ4n) is 7.28. The van der Waals surface area contributed by atoms with Crippen molar-refractivity contribution in [1.29, 1.82) is 0 Å². The molecule has 0 fully saturated rings. The minimum absolute atomic E-state index is 0.106. The van der Waals surface area contributed by atoms with Crippen LogP contribution < -0.4 is 14.2 Å². The van der Waals surface area contributed by atoms with Gasteiger partial charge in [0.2, 0.25) is 5.75 Å². The fourth-order valence-corrected chi connectivity index (χ4v) is 7.41. The largest absolute Gasteiger partial charge is 0.493 e. The number of methoxy groups -OCH3 is 3. The maximum Gasteiger partial charge on any atom is 0.339 e. The second-order valence-corrected chi connectivity index (χ2v) is 15.0. The number of carbonyl (C=O) groups excluding carboxylic acids is 2. The number of aromatic nitrogens is 1. The molecule has 0 N–H and O–H groups in total. The van der Waals surface area contributed by atoms with E-state index in [1.165, 1.54) is 5.01 Å². The van der Waals surface area contributed by atoms with Gasteiger partial charge in [0, 0.05) is 16.8 Å². The molecule has 7 rings (SSSR count). The average molecular weight is 748 g/mol. The van der Waals surface area contributed by atoms with Crippen LogP contribution in [0, 0.1) is 11.3 Å². The highest BCUT2D eigenvalue weighted by molar-refractivity contribution is 6.30. The Balaban J connectivity index is 1.26. The number of fused-ring (bicyclic) bond motifs is 2. The Kier molecular flexibility index (Phi) is 10.2. The molecule has 0 bridgehead atoms. The van der Waals surface area contributed by atoms with Gasteiger partial charge in [-0.25, -0.2) is 14.8 Å². The first-order chi connectivity index (χ1) is 26.0. The summed E-state index contributed by atoms with van der Waals surface area (Å²) < 4.78 is 28.5. The first-order valence-electron chi connectivity index (χ1n) is 17.8. The number of hydrogen-bond acceptors (Lipinski definition) is 9. The summed E-state index contributed by atoms with van der Waals surface area (Å²) in [6.45, 7) is 6.09. The summed E-state index contributed by atoms with van der Waals surface area (Å²) in [5.74, 6) is 1.23. The highest BCUT2D eigenvalue weighted by atomic mass is 35.5. The molecule has 278 valence electrons. The number of amides is 1. The van der Waals surface area contributed by atoms with E-state index < -0.39 is 24.5 Å². The lowest BCUT2D eigenvalue weighted by molar-refractivity contribution is -0.136. The average Bonchev–Trinajstić information content (AvgIpc) is 3.87. The molecule has 0 spiro atoms. The van der Waals surface area contributed by atoms with Crippen molar-refractivity contribution in [3.63, 3.8) is 0 Å². The summed E-state index contributed by atoms with van der Waals surface area (Å²) in [6, 6.07) is 21.7. The summed E-state index contributed by atoms with van der Waals surface area (Å²) in [6.07, 6.45) is 5.38. The van der Waals surface area contributed by atoms with Crippen molar-refractivity contribution in [2.45, 2.75) is 46.1 Å². The lowest BCUT2D eigenvalue weighted by atomic mass is 9.69. The highest BCUT2D eigenvalue weighted by Gasteiger charge is 2.38. The topological polar surface area (TPSA) is 113 Å². The molecule has 1 aliphatic carbocycles. The third-order valence-corrected chi connectivity index (χ3v) is 10.5. The van der Waals surface area contributed by atoms with Gasteiger partial charge in [0.1, 0.15) is 11.8 Å². The van der Waals surface area contributed by atoms with Crippen molar-refractivity contribution >= 4 is 51.7 Å². The van der Waals surface area contributed by atoms with Crippen LogP contribution in [0.5, 0.6) is 17.2 Å². The Bertz CT molecular complexity index is 2250. The van der Waals surface area contributed by atoms with Crippen LogP contribution in [0.4, 0.5) is 0 Å². The van der Waals surface area contributed by atoms with E-state index >= 15 is 0 Å². The van der Waals surface area contributed by atoms with Crippen molar-refractivity contribution in [3.8, 4) is 17.2 Å². The van der Waals surface area contributed by atoms with Gasteiger partial charge in [-0.2, -0.15) is 5.10 Å². The normalized spacial score (nSPS) is 17.6. The quantitative estimate of drug-likeness (QED) is 0.137. The van der Waals surface area contributed by atoms with Crippen LogP contribution in [0.15, 0.2) is 88.6 Å². The fraction of sp³-hybridized carbons (Fsp3) is 0.302. The molecule has 2 atom stereocenters. The summed E-state index contributed by atoms with van der Waals surface area (Å²) in [7, 11) is 4.74. The summed E-state index contributed by atoms with van der Waals surface area (Å²) in [5, 5.41) is 7.29. The second kappa shape index (κ2) is 15.0. The number of allylic oxidation sites excluding steroid dienone is 1. The van der Waals surface area contributed by atoms with Gasteiger partial charge in [-0.3, -0.25) is 4.79 Å². The smallest absolute Gasteiger partial charge is 0.339 e. The Hall–Kier alpha value is -5.61. The Morgan fingerprint density at radius 3 is 2.30 bits per heavy atom. The van der Waals surface area contributed by atoms with Gasteiger partial charge in [-0.05, 0) is 95.0 Å². The minimum Gasteiger partial charge on any atom is -0.493 e. The minimum atomic E-state index is -0.601. The molecule has 3 aromatic carbocycles. The molecule has 1 aliphatic heterocycles. The standard InChI is InChI=1S/C43H42ClN3O7/c1-43(2,3)28-21-27(18-25-19-36(50-4)41(52-6)37(20-25)51-5)40-31(22-28)39(30-10-7-8-11-32(30)45-40)42(49)54-24-38(48)47-34(35-12-9-17-53-35)23-33(46-47)26-13-15-29(44)16-14-26/h7-20,28,34H,21-24H2,1-6H3/b27-18-. The van der Waals surface area contributed by atoms with Gasteiger partial charge < -0.3 is 23.4 Å². The molecule has 0 radical (unpaired) electrons. The molecule has 1 amide bonds. The predicted molar refractivity (Wildman–Crippen MR) is 208 cm³/mol. The third kappa shape index (κ3) is 7.18. The van der Waals surface area contributed by atoms with Crippen LogP contribution in [-0.2, 0) is 16.0 Å². The van der Waals surface area contributed by atoms with Gasteiger partial charge in [-0.1, -0.05) is 62.7 Å². The molecule has 11 heteroatoms. The molecule has 2 aromatic heterocycles. The molecule has 10 nitrogen and oxygen atoms in total. The van der Waals surface area contributed by atoms with E-state index in [2.05, 4.69) is 31.9 Å². The van der Waals surface area contributed by atoms with E-state index in [9.17, 15) is 9.59 Å². The highest BCUT2D eigenvalue weighted by Crippen LogP contribution is 2.46. The molecule has 0 saturated carbocycles. The number of ether oxygens (including phenoxy) is 4. The van der Waals surface area contributed by atoms with Crippen molar-refractivity contribution in [2.24, 2.45) is 16.4 Å². The number of furan rings is 1. The Morgan fingerprint density at radius 2 is 1.65 bits per heavy atom. The maximum absolute atomic E-state index is 14.4. The van der Waals surface area contributed by atoms with Crippen molar-refractivity contribution < 1.29 is 33.0 Å². The Morgan fingerprint density at radius 1 is 0.926 bits per heavy atom. The SMILES string of the molecule is COc1cc(/C=C2/CC(C(C)(C)C)Cc3c2nc2ccccc2c3C(=O)OCC(=O)N2N=C(c3ccc(Cl)cc3)CC2c2ccco2)cc(OC)c1OC. The van der Waals surface area contributed by atoms with E-state index in [0.717, 1.165) is 34.4 Å². The van der Waals surface area contributed by atoms with Crippen molar-refractivity contribution in [1.82, 2.24) is 9.99 Å². The summed E-state index contributed by atoms with van der Waals surface area (Å²) in [4.78, 5) is 33.4. The molecule has 54 heavy (non-hydrogen) atoms. The first-order valence-corrected chi connectivity index (χ1v) is 18.1. The first kappa shape index (κ1) is 36.7. The maximum atomic E-state index is 14.4. The van der Waals surface area contributed by atoms with Gasteiger partial charge in [0.05, 0.1) is 50.1 Å². The van der Waals surface area contributed by atoms with E-state index in [1.807, 2.05) is 54.6 Å². The zero-order chi connectivity index (χ0) is 38.1. The lowest BCUT2D eigenvalue weighted by Gasteiger charge is -2.36. The number of rotatable bonds is 9. The van der Waals surface area contributed by atoms with Crippen LogP contribution in [0.2, 0.25) is 5.02 Å². The molecule has 3 heterocycles. The van der Waals surface area contributed by atoms with Gasteiger partial charge in [0.15, 0.2) is 18.1 Å². The van der Waals surface area contributed by atoms with E-state index in [-0.39, 0.29) is 11.3 Å². The van der Waals surface area contributed by atoms with E-state index in [1.54, 1.807) is 45.8 Å². The number of benzene rings is 3. The number of hydrogen-bond donors (Lipinski definition) is 0. The molecule has 5 aromatic rings. The number of halogens is 1. The van der Waals surface area contributed by atoms with Crippen molar-refractivity contribution in [3.05, 3.63) is 118 Å². The summed E-state index contributed by atoms with van der Waals surface area (Å²) >= 11 is 6.13. The van der Waals surface area contributed by atoms with Gasteiger partial charge >= 0.3 is 5.97 Å². The van der Waals surface area contributed by atoms with Crippen LogP contribution in [0.1, 0.15) is 78.2 Å². The zero-order valence-electron chi connectivity index (χ0n) is 31.1. The number of carbonyl (C=O) groups is 2. The monoisotopic (exact) mass is 747 g/mol. The molecule has 2 unspecified atom stereocenters. The second-order valence-electron chi connectivity index (χ2n) is 14.5. The number of hydrazone groups is 1. The van der Waals surface area contributed by atoms with Crippen LogP contribution in [0.25, 0.3) is 22.6 Å². The molecule has 2 aliphatic rings. The summed E-state index contributed by atoms with van der Waals surface area (Å²) in [5.41, 5.74) is 5.78. The molecular weight excluding hydrogens is 706 g/mol. The van der Waals surface area contributed by atoms with Gasteiger partial charge in [-0.15, -0.1) is 0 Å². The predicted octanol–water partition coefficient (Wildman–Crippen LogP) is 9.19. The van der Waals surface area contributed by atoms with Crippen LogP contribution >= 0.6 is 11.6 Å².